The van der Waals surface area contributed by atoms with E-state index in [4.69, 9.17) is 4.52 Å². The zero-order valence-electron chi connectivity index (χ0n) is 18.0. The number of hydrogen-bond acceptors (Lipinski definition) is 5. The smallest absolute Gasteiger partial charge is 0.275 e. The summed E-state index contributed by atoms with van der Waals surface area (Å²) in [6, 6.07) is 9.49. The summed E-state index contributed by atoms with van der Waals surface area (Å²) in [6.45, 7) is 4.59. The molecular weight excluding hydrogens is 427 g/mol. The Bertz CT molecular complexity index is 1130. The molecule has 2 amide bonds. The van der Waals surface area contributed by atoms with Gasteiger partial charge in [0.05, 0.1) is 16.0 Å². The monoisotopic (exact) mass is 454 g/mol. The van der Waals surface area contributed by atoms with Crippen LogP contribution in [0.2, 0.25) is 0 Å². The maximum Gasteiger partial charge on any atom is 0.275 e. The number of nitrogens with one attached hydrogen (secondary N) is 1. The Hall–Kier alpha value is -2.70. The number of fused-ring (bicyclic) bond motifs is 4. The minimum absolute atomic E-state index is 0.0252. The van der Waals surface area contributed by atoms with E-state index < -0.39 is 11.3 Å². The van der Waals surface area contributed by atoms with Crippen LogP contribution in [0.4, 0.5) is 0 Å². The Morgan fingerprint density at radius 2 is 2.03 bits per heavy atom. The van der Waals surface area contributed by atoms with Gasteiger partial charge in [0.1, 0.15) is 11.7 Å². The molecule has 0 bridgehead atoms. The van der Waals surface area contributed by atoms with Gasteiger partial charge >= 0.3 is 0 Å². The first-order chi connectivity index (χ1) is 15.4. The molecule has 1 N–H and O–H groups in total. The van der Waals surface area contributed by atoms with Crippen molar-refractivity contribution in [3.63, 3.8) is 0 Å². The van der Waals surface area contributed by atoms with Crippen molar-refractivity contribution in [2.45, 2.75) is 51.0 Å². The normalized spacial score (nSPS) is 24.5. The van der Waals surface area contributed by atoms with Crippen LogP contribution in [-0.2, 0) is 13.1 Å². The van der Waals surface area contributed by atoms with E-state index in [0.29, 0.717) is 19.6 Å². The zero-order valence-corrected chi connectivity index (χ0v) is 19.2. The Kier molecular flexibility index (Phi) is 5.30. The fourth-order valence-electron chi connectivity index (χ4n) is 5.38. The predicted octanol–water partition coefficient (Wildman–Crippen LogP) is 1.99. The highest BCUT2D eigenvalue weighted by atomic mass is 31.0. The number of carbonyl (C=O) groups is 2. The number of aromatic nitrogens is 1. The third-order valence-corrected chi connectivity index (χ3v) is 7.24. The molecule has 32 heavy (non-hydrogen) atoms. The van der Waals surface area contributed by atoms with Crippen molar-refractivity contribution < 1.29 is 14.1 Å². The van der Waals surface area contributed by atoms with Crippen LogP contribution in [0.25, 0.3) is 0 Å². The highest BCUT2D eigenvalue weighted by Crippen LogP contribution is 2.41. The molecule has 9 heteroatoms. The largest absolute Gasteiger partial charge is 0.474 e. The minimum Gasteiger partial charge on any atom is -0.474 e. The van der Waals surface area contributed by atoms with Crippen molar-refractivity contribution in [2.24, 2.45) is 0 Å². The van der Waals surface area contributed by atoms with Crippen molar-refractivity contribution in [1.29, 1.82) is 0 Å². The maximum absolute atomic E-state index is 13.5. The average molecular weight is 454 g/mol. The number of rotatable bonds is 4. The van der Waals surface area contributed by atoms with Gasteiger partial charge in [-0.3, -0.25) is 19.3 Å². The van der Waals surface area contributed by atoms with Gasteiger partial charge in [0.25, 0.3) is 11.8 Å². The Labute approximate surface area is 188 Å². The fraction of sp³-hybridized carbons (Fsp3) is 0.435. The topological polar surface area (TPSA) is 83.9 Å². The van der Waals surface area contributed by atoms with Crippen molar-refractivity contribution in [1.82, 2.24) is 19.7 Å². The molecule has 2 aromatic rings. The van der Waals surface area contributed by atoms with Crippen molar-refractivity contribution in [2.75, 3.05) is 13.1 Å². The van der Waals surface area contributed by atoms with Gasteiger partial charge < -0.3 is 19.3 Å². The SMILES string of the molecule is CC12CCCCN1[C@@H]1Cn3cc(C(=O)NCc4ccccc4)c(=O)c(OP)c3C(=O)N1C2. The summed E-state index contributed by atoms with van der Waals surface area (Å²) in [5.41, 5.74) is 0.487. The van der Waals surface area contributed by atoms with Crippen molar-refractivity contribution >= 4 is 21.3 Å². The summed E-state index contributed by atoms with van der Waals surface area (Å²) < 4.78 is 7.03. The van der Waals surface area contributed by atoms with Gasteiger partial charge in [-0.1, -0.05) is 36.8 Å². The number of amides is 2. The number of carbonyl (C=O) groups excluding carboxylic acids is 2. The first-order valence-electron chi connectivity index (χ1n) is 11.0. The van der Waals surface area contributed by atoms with Crippen molar-refractivity contribution in [3.8, 4) is 5.75 Å². The van der Waals surface area contributed by atoms with E-state index in [9.17, 15) is 14.4 Å². The van der Waals surface area contributed by atoms with Crippen molar-refractivity contribution in [3.05, 3.63) is 63.6 Å². The molecule has 3 aliphatic rings. The first kappa shape index (κ1) is 21.2. The summed E-state index contributed by atoms with van der Waals surface area (Å²) in [6.07, 6.45) is 4.73. The standard InChI is InChI=1S/C23H27N4O4P/c1-23-9-5-6-10-27(23)17-13-25-12-16(21(29)24-11-15-7-3-2-4-8-15)19(28)20(31-32)18(25)22(30)26(17)14-23/h2-4,7-8,12,17H,5-6,9-11,13-14,32H2,1H3,(H,24,29)/t17-,23?/m1/s1. The Balaban J connectivity index is 1.49. The number of benzene rings is 1. The third-order valence-electron chi connectivity index (χ3n) is 7.01. The van der Waals surface area contributed by atoms with E-state index in [-0.39, 0.29) is 34.6 Å². The van der Waals surface area contributed by atoms with Gasteiger partial charge in [0, 0.05) is 31.4 Å². The second-order valence-electron chi connectivity index (χ2n) is 9.05. The summed E-state index contributed by atoms with van der Waals surface area (Å²) in [4.78, 5) is 43.7. The van der Waals surface area contributed by atoms with Crippen LogP contribution in [-0.4, -0.2) is 51.0 Å². The lowest BCUT2D eigenvalue weighted by Gasteiger charge is -2.42. The van der Waals surface area contributed by atoms with Crippen LogP contribution >= 0.6 is 9.47 Å². The third kappa shape index (κ3) is 3.33. The summed E-state index contributed by atoms with van der Waals surface area (Å²) in [5, 5.41) is 2.80. The summed E-state index contributed by atoms with van der Waals surface area (Å²) in [5.74, 6) is -0.801. The van der Waals surface area contributed by atoms with E-state index in [1.54, 1.807) is 4.57 Å². The number of pyridine rings is 1. The van der Waals surface area contributed by atoms with Crippen LogP contribution in [0.15, 0.2) is 41.3 Å². The molecule has 2 saturated heterocycles. The van der Waals surface area contributed by atoms with Gasteiger partial charge in [-0.25, -0.2) is 0 Å². The highest BCUT2D eigenvalue weighted by molar-refractivity contribution is 7.10. The van der Waals surface area contributed by atoms with E-state index in [0.717, 1.165) is 31.4 Å². The quantitative estimate of drug-likeness (QED) is 0.715. The molecule has 2 fully saturated rings. The van der Waals surface area contributed by atoms with Crippen LogP contribution < -0.4 is 15.3 Å². The molecule has 4 heterocycles. The molecule has 0 radical (unpaired) electrons. The minimum atomic E-state index is -0.577. The number of piperidine rings is 1. The lowest BCUT2D eigenvalue weighted by atomic mass is 9.90. The summed E-state index contributed by atoms with van der Waals surface area (Å²) in [7, 11) is 2.05. The molecule has 0 spiro atoms. The van der Waals surface area contributed by atoms with E-state index in [1.807, 2.05) is 44.7 Å². The Morgan fingerprint density at radius 3 is 2.78 bits per heavy atom. The lowest BCUT2D eigenvalue weighted by molar-refractivity contribution is 0.0324. The number of hydrogen-bond donors (Lipinski definition) is 1. The zero-order chi connectivity index (χ0) is 22.5. The van der Waals surface area contributed by atoms with Crippen LogP contribution in [0.1, 0.15) is 52.6 Å². The molecule has 168 valence electrons. The second kappa shape index (κ2) is 8.01. The molecule has 2 unspecified atom stereocenters. The van der Waals surface area contributed by atoms with Gasteiger partial charge in [-0.05, 0) is 25.3 Å². The molecule has 5 rings (SSSR count). The van der Waals surface area contributed by atoms with Gasteiger partial charge in [0.2, 0.25) is 5.43 Å². The van der Waals surface area contributed by atoms with Crippen LogP contribution in [0.5, 0.6) is 5.75 Å². The average Bonchev–Trinajstić information content (AvgIpc) is 3.11. The molecule has 8 nitrogen and oxygen atoms in total. The Morgan fingerprint density at radius 1 is 1.25 bits per heavy atom. The highest BCUT2D eigenvalue weighted by Gasteiger charge is 2.53. The van der Waals surface area contributed by atoms with Gasteiger partial charge in [-0.15, -0.1) is 0 Å². The molecule has 0 saturated carbocycles. The maximum atomic E-state index is 13.5. The number of nitrogens with zero attached hydrogens (tertiary/aromatic N) is 3. The second-order valence-corrected chi connectivity index (χ2v) is 9.28. The molecular formula is C23H27N4O4P. The molecule has 3 atom stereocenters. The molecule has 0 aliphatic carbocycles. The fourth-order valence-corrected chi connectivity index (χ4v) is 5.60. The van der Waals surface area contributed by atoms with E-state index in [1.165, 1.54) is 6.20 Å². The van der Waals surface area contributed by atoms with Gasteiger partial charge in [-0.2, -0.15) is 0 Å². The summed E-state index contributed by atoms with van der Waals surface area (Å²) >= 11 is 0. The van der Waals surface area contributed by atoms with E-state index >= 15 is 0 Å². The lowest BCUT2D eigenvalue weighted by Crippen LogP contribution is -2.53. The molecule has 3 aliphatic heterocycles. The first-order valence-corrected chi connectivity index (χ1v) is 11.4. The predicted molar refractivity (Wildman–Crippen MR) is 122 cm³/mol. The van der Waals surface area contributed by atoms with Gasteiger partial charge in [0.15, 0.2) is 11.4 Å². The van der Waals surface area contributed by atoms with E-state index in [2.05, 4.69) is 17.1 Å². The van der Waals surface area contributed by atoms with Crippen LogP contribution in [0.3, 0.4) is 0 Å². The molecule has 1 aromatic carbocycles. The molecule has 1 aromatic heterocycles. The van der Waals surface area contributed by atoms with Crippen LogP contribution in [0, 0.1) is 0 Å².